The van der Waals surface area contributed by atoms with Gasteiger partial charge in [0.15, 0.2) is 0 Å². The molecule has 2 aliphatic rings. The average molecular weight is 466 g/mol. The van der Waals surface area contributed by atoms with E-state index in [9.17, 15) is 9.50 Å². The molecule has 0 unspecified atom stereocenters. The summed E-state index contributed by atoms with van der Waals surface area (Å²) in [4.78, 5) is 2.22. The summed E-state index contributed by atoms with van der Waals surface area (Å²) in [7, 11) is 0. The van der Waals surface area contributed by atoms with Crippen LogP contribution in [-0.4, -0.2) is 42.9 Å². The first kappa shape index (κ1) is 27.4. The first-order valence-corrected chi connectivity index (χ1v) is 12.5. The third kappa shape index (κ3) is 10.4. The zero-order chi connectivity index (χ0) is 24.4. The molecule has 34 heavy (non-hydrogen) atoms. The Hall–Kier alpha value is -2.85. The molecule has 1 saturated heterocycles. The minimum atomic E-state index is -0.184. The predicted molar refractivity (Wildman–Crippen MR) is 140 cm³/mol. The van der Waals surface area contributed by atoms with Crippen LogP contribution in [-0.2, 0) is 12.8 Å². The van der Waals surface area contributed by atoms with Crippen molar-refractivity contribution in [1.29, 1.82) is 0 Å². The highest BCUT2D eigenvalue weighted by Crippen LogP contribution is 2.24. The molecule has 0 atom stereocenters. The molecule has 1 aliphatic carbocycles. The number of hydrogen-bond acceptors (Lipinski definition) is 3. The second-order valence-electron chi connectivity index (χ2n) is 8.26. The number of nitrogens with zero attached hydrogens (tertiary/aromatic N) is 1. The van der Waals surface area contributed by atoms with Crippen molar-refractivity contribution < 1.29 is 14.2 Å². The topological polar surface area (TPSA) is 32.7 Å². The third-order valence-corrected chi connectivity index (χ3v) is 5.67. The summed E-state index contributed by atoms with van der Waals surface area (Å²) in [5.74, 6) is 1.58. The number of aromatic hydroxyl groups is 1. The molecule has 0 amide bonds. The van der Waals surface area contributed by atoms with Gasteiger partial charge in [0.1, 0.15) is 18.1 Å². The van der Waals surface area contributed by atoms with E-state index in [1.54, 1.807) is 6.07 Å². The summed E-state index contributed by atoms with van der Waals surface area (Å²) < 4.78 is 17.7. The second kappa shape index (κ2) is 16.7. The van der Waals surface area contributed by atoms with Crippen LogP contribution in [0, 0.1) is 5.92 Å². The number of phenols is 1. The van der Waals surface area contributed by atoms with E-state index < -0.39 is 0 Å². The largest absolute Gasteiger partial charge is 0.508 e. The molecule has 3 nitrogen and oxygen atoms in total. The highest BCUT2D eigenvalue weighted by Gasteiger charge is 2.25. The molecule has 1 fully saturated rings. The van der Waals surface area contributed by atoms with Gasteiger partial charge in [0.05, 0.1) is 6.67 Å². The fourth-order valence-corrected chi connectivity index (χ4v) is 3.87. The number of para-hydroxylation sites is 1. The molecule has 5 rings (SSSR count). The highest BCUT2D eigenvalue weighted by atomic mass is 19.1. The van der Waals surface area contributed by atoms with Crippen molar-refractivity contribution in [2.45, 2.75) is 39.5 Å². The van der Waals surface area contributed by atoms with Crippen molar-refractivity contribution in [3.8, 4) is 11.5 Å². The SMILES string of the molecule is CC.FCC1CN(CCOc2ccccc2)C1.Oc1ccc2c(c1)CCCC2.c1ccccc1. The zero-order valence-electron chi connectivity index (χ0n) is 20.7. The Morgan fingerprint density at radius 3 is 1.97 bits per heavy atom. The number of fused-ring (bicyclic) bond motifs is 1. The van der Waals surface area contributed by atoms with Gasteiger partial charge in [-0.15, -0.1) is 0 Å². The first-order chi connectivity index (χ1) is 16.7. The number of phenolic OH excluding ortho intramolecular Hbond substituents is 1. The summed E-state index contributed by atoms with van der Waals surface area (Å²) in [5, 5.41) is 9.19. The number of aryl methyl sites for hydroxylation is 2. The lowest BCUT2D eigenvalue weighted by molar-refractivity contribution is 0.0668. The van der Waals surface area contributed by atoms with Crippen LogP contribution in [0.2, 0.25) is 0 Å². The van der Waals surface area contributed by atoms with Gasteiger partial charge in [-0.05, 0) is 61.1 Å². The smallest absolute Gasteiger partial charge is 0.119 e. The summed E-state index contributed by atoms with van der Waals surface area (Å²) in [6.45, 7) is 7.16. The van der Waals surface area contributed by atoms with Crippen LogP contribution < -0.4 is 4.74 Å². The molecule has 0 spiro atoms. The van der Waals surface area contributed by atoms with Crippen LogP contribution >= 0.6 is 0 Å². The van der Waals surface area contributed by atoms with E-state index in [-0.39, 0.29) is 12.6 Å². The Kier molecular flexibility index (Phi) is 13.5. The van der Waals surface area contributed by atoms with E-state index in [0.717, 1.165) is 31.8 Å². The number of likely N-dealkylation sites (tertiary alicyclic amines) is 1. The molecule has 4 heteroatoms. The van der Waals surface area contributed by atoms with Crippen molar-refractivity contribution in [2.24, 2.45) is 5.92 Å². The van der Waals surface area contributed by atoms with Crippen LogP contribution in [0.3, 0.4) is 0 Å². The van der Waals surface area contributed by atoms with Crippen molar-refractivity contribution in [3.63, 3.8) is 0 Å². The van der Waals surface area contributed by atoms with Crippen LogP contribution in [0.5, 0.6) is 11.5 Å². The van der Waals surface area contributed by atoms with Gasteiger partial charge in [-0.2, -0.15) is 0 Å². The molecule has 0 saturated carbocycles. The number of alkyl halides is 1. The molecule has 1 N–H and O–H groups in total. The van der Waals surface area contributed by atoms with Gasteiger partial charge in [-0.25, -0.2) is 0 Å². The molecule has 3 aromatic carbocycles. The third-order valence-electron chi connectivity index (χ3n) is 5.67. The minimum Gasteiger partial charge on any atom is -0.508 e. The van der Waals surface area contributed by atoms with Gasteiger partial charge in [-0.1, -0.05) is 74.5 Å². The van der Waals surface area contributed by atoms with Crippen LogP contribution in [0.15, 0.2) is 84.9 Å². The highest BCUT2D eigenvalue weighted by molar-refractivity contribution is 5.36. The summed E-state index contributed by atoms with van der Waals surface area (Å²) in [6.07, 6.45) is 4.91. The molecular weight excluding hydrogens is 425 g/mol. The van der Waals surface area contributed by atoms with E-state index in [0.29, 0.717) is 12.4 Å². The quantitative estimate of drug-likeness (QED) is 0.442. The van der Waals surface area contributed by atoms with E-state index >= 15 is 0 Å². The van der Waals surface area contributed by atoms with E-state index in [1.165, 1.54) is 30.4 Å². The van der Waals surface area contributed by atoms with Gasteiger partial charge in [-0.3, -0.25) is 9.29 Å². The van der Waals surface area contributed by atoms with Crippen LogP contribution in [0.25, 0.3) is 0 Å². The molecule has 0 aromatic heterocycles. The molecule has 0 radical (unpaired) electrons. The Balaban J connectivity index is 0.000000188. The molecule has 3 aromatic rings. The summed E-state index contributed by atoms with van der Waals surface area (Å²) in [6, 6.07) is 27.5. The Bertz CT molecular complexity index is 856. The molecular formula is C30H40FNO2. The van der Waals surface area contributed by atoms with E-state index in [2.05, 4.69) is 4.90 Å². The number of benzene rings is 3. The fraction of sp³-hybridized carbons (Fsp3) is 0.400. The molecule has 0 bridgehead atoms. The maximum Gasteiger partial charge on any atom is 0.119 e. The van der Waals surface area contributed by atoms with Crippen molar-refractivity contribution in [1.82, 2.24) is 4.90 Å². The molecule has 1 heterocycles. The van der Waals surface area contributed by atoms with Gasteiger partial charge in [0, 0.05) is 25.6 Å². The van der Waals surface area contributed by atoms with Gasteiger partial charge >= 0.3 is 0 Å². The van der Waals surface area contributed by atoms with Gasteiger partial charge < -0.3 is 9.84 Å². The second-order valence-corrected chi connectivity index (χ2v) is 8.26. The van der Waals surface area contributed by atoms with Gasteiger partial charge in [0.2, 0.25) is 0 Å². The normalized spacial score (nSPS) is 14.4. The van der Waals surface area contributed by atoms with Crippen molar-refractivity contribution in [3.05, 3.63) is 96.1 Å². The Labute approximate surface area is 205 Å². The molecule has 1 aliphatic heterocycles. The first-order valence-electron chi connectivity index (χ1n) is 12.5. The van der Waals surface area contributed by atoms with Crippen LogP contribution in [0.4, 0.5) is 4.39 Å². The predicted octanol–water partition coefficient (Wildman–Crippen LogP) is 6.95. The van der Waals surface area contributed by atoms with Gasteiger partial charge in [0.25, 0.3) is 0 Å². The lowest BCUT2D eigenvalue weighted by Crippen LogP contribution is -2.49. The minimum absolute atomic E-state index is 0.184. The zero-order valence-corrected chi connectivity index (χ0v) is 20.7. The number of hydrogen-bond donors (Lipinski definition) is 1. The number of ether oxygens (including phenoxy) is 1. The van der Waals surface area contributed by atoms with E-state index in [4.69, 9.17) is 4.74 Å². The fourth-order valence-electron chi connectivity index (χ4n) is 3.87. The van der Waals surface area contributed by atoms with Crippen molar-refractivity contribution >= 4 is 0 Å². The summed E-state index contributed by atoms with van der Waals surface area (Å²) in [5.41, 5.74) is 2.77. The number of halogens is 1. The van der Waals surface area contributed by atoms with Crippen molar-refractivity contribution in [2.75, 3.05) is 32.9 Å². The lowest BCUT2D eigenvalue weighted by atomic mass is 9.92. The monoisotopic (exact) mass is 465 g/mol. The Morgan fingerprint density at radius 2 is 1.38 bits per heavy atom. The van der Waals surface area contributed by atoms with E-state index in [1.807, 2.05) is 92.7 Å². The number of rotatable bonds is 5. The summed E-state index contributed by atoms with van der Waals surface area (Å²) >= 11 is 0. The lowest BCUT2D eigenvalue weighted by Gasteiger charge is -2.37. The van der Waals surface area contributed by atoms with Crippen LogP contribution in [0.1, 0.15) is 37.8 Å². The Morgan fingerprint density at radius 1 is 0.824 bits per heavy atom. The standard InChI is InChI=1S/C12H16FNO.C10H12O.C6H6.C2H6/c13-8-11-9-14(10-11)6-7-15-12-4-2-1-3-5-12;11-10-6-5-8-3-1-2-4-9(8)7-10;1-2-4-6-5-3-1;1-2/h1-5,11H,6-10H2;5-7,11H,1-4H2;1-6H;1-2H3. The maximum atomic E-state index is 12.1. The maximum absolute atomic E-state index is 12.1. The average Bonchev–Trinajstić information content (AvgIpc) is 2.89. The molecule has 184 valence electrons.